The highest BCUT2D eigenvalue weighted by Gasteiger charge is 2.46. The summed E-state index contributed by atoms with van der Waals surface area (Å²) in [5.41, 5.74) is -0.157. The Morgan fingerprint density at radius 2 is 1.95 bits per heavy atom. The van der Waals surface area contributed by atoms with E-state index in [-0.39, 0.29) is 5.75 Å². The van der Waals surface area contributed by atoms with Crippen LogP contribution in [0, 0.1) is 0 Å². The topological polar surface area (TPSA) is 66.8 Å². The predicted octanol–water partition coefficient (Wildman–Crippen LogP) is 1.54. The van der Waals surface area contributed by atoms with Gasteiger partial charge in [0.15, 0.2) is 0 Å². The molecular weight excluding hydrogens is 278 g/mol. The molecule has 20 heavy (non-hydrogen) atoms. The van der Waals surface area contributed by atoms with Gasteiger partial charge in [-0.25, -0.2) is 8.42 Å². The second-order valence-corrected chi connectivity index (χ2v) is 7.87. The SMILES string of the molecule is CCS(=O)(=O)N(C)C1c2ccccc2OC(C)(C)C1O. The van der Waals surface area contributed by atoms with Gasteiger partial charge < -0.3 is 9.84 Å². The summed E-state index contributed by atoms with van der Waals surface area (Å²) in [7, 11) is -1.90. The first-order valence-corrected chi connectivity index (χ1v) is 8.23. The highest BCUT2D eigenvalue weighted by molar-refractivity contribution is 7.89. The van der Waals surface area contributed by atoms with Gasteiger partial charge in [-0.1, -0.05) is 18.2 Å². The zero-order chi connectivity index (χ0) is 15.1. The molecule has 0 aliphatic carbocycles. The number of fused-ring (bicyclic) bond motifs is 1. The molecular formula is C14H21NO4S. The highest BCUT2D eigenvalue weighted by Crippen LogP contribution is 2.42. The van der Waals surface area contributed by atoms with Crippen LogP contribution in [0.15, 0.2) is 24.3 Å². The molecule has 0 radical (unpaired) electrons. The molecule has 2 unspecified atom stereocenters. The summed E-state index contributed by atoms with van der Waals surface area (Å²) in [6.45, 7) is 5.11. The van der Waals surface area contributed by atoms with Gasteiger partial charge in [0.1, 0.15) is 17.5 Å². The maximum Gasteiger partial charge on any atom is 0.214 e. The number of likely N-dealkylation sites (N-methyl/N-ethyl adjacent to an activating group) is 1. The lowest BCUT2D eigenvalue weighted by molar-refractivity contribution is -0.0763. The molecule has 0 aromatic heterocycles. The number of sulfonamides is 1. The number of nitrogens with zero attached hydrogens (tertiary/aromatic N) is 1. The summed E-state index contributed by atoms with van der Waals surface area (Å²) < 4.78 is 31.3. The highest BCUT2D eigenvalue weighted by atomic mass is 32.2. The molecule has 0 spiro atoms. The summed E-state index contributed by atoms with van der Waals surface area (Å²) in [5, 5.41) is 10.5. The summed E-state index contributed by atoms with van der Waals surface area (Å²) in [6.07, 6.45) is -0.941. The Kier molecular flexibility index (Phi) is 3.83. The monoisotopic (exact) mass is 299 g/mol. The van der Waals surface area contributed by atoms with Crippen molar-refractivity contribution in [2.24, 2.45) is 0 Å². The van der Waals surface area contributed by atoms with Gasteiger partial charge in [-0.3, -0.25) is 0 Å². The molecule has 0 bridgehead atoms. The first-order valence-electron chi connectivity index (χ1n) is 6.62. The van der Waals surface area contributed by atoms with Gasteiger partial charge in [-0.05, 0) is 26.8 Å². The number of hydrogen-bond acceptors (Lipinski definition) is 4. The van der Waals surface area contributed by atoms with Crippen LogP contribution in [-0.2, 0) is 10.0 Å². The number of para-hydroxylation sites is 1. The van der Waals surface area contributed by atoms with Crippen molar-refractivity contribution >= 4 is 10.0 Å². The number of rotatable bonds is 3. The van der Waals surface area contributed by atoms with Gasteiger partial charge in [-0.15, -0.1) is 0 Å². The van der Waals surface area contributed by atoms with Crippen LogP contribution in [0.3, 0.4) is 0 Å². The molecule has 1 aliphatic heterocycles. The van der Waals surface area contributed by atoms with Crippen LogP contribution in [0.2, 0.25) is 0 Å². The van der Waals surface area contributed by atoms with Gasteiger partial charge in [0.25, 0.3) is 0 Å². The van der Waals surface area contributed by atoms with Crippen molar-refractivity contribution in [1.29, 1.82) is 0 Å². The van der Waals surface area contributed by atoms with E-state index in [1.807, 2.05) is 12.1 Å². The molecule has 1 aromatic carbocycles. The minimum atomic E-state index is -3.41. The minimum Gasteiger partial charge on any atom is -0.485 e. The molecule has 0 amide bonds. The quantitative estimate of drug-likeness (QED) is 0.919. The number of benzene rings is 1. The number of aliphatic hydroxyl groups is 1. The number of hydrogen-bond donors (Lipinski definition) is 1. The number of ether oxygens (including phenoxy) is 1. The van der Waals surface area contributed by atoms with Crippen molar-refractivity contribution in [3.63, 3.8) is 0 Å². The van der Waals surface area contributed by atoms with Crippen LogP contribution in [0.4, 0.5) is 0 Å². The van der Waals surface area contributed by atoms with Crippen molar-refractivity contribution in [3.8, 4) is 5.75 Å². The van der Waals surface area contributed by atoms with Crippen LogP contribution < -0.4 is 4.74 Å². The van der Waals surface area contributed by atoms with E-state index in [0.29, 0.717) is 11.3 Å². The van der Waals surface area contributed by atoms with Gasteiger partial charge in [-0.2, -0.15) is 4.31 Å². The lowest BCUT2D eigenvalue weighted by Crippen LogP contribution is -2.54. The van der Waals surface area contributed by atoms with Crippen LogP contribution in [0.25, 0.3) is 0 Å². The predicted molar refractivity (Wildman–Crippen MR) is 77.1 cm³/mol. The average Bonchev–Trinajstić information content (AvgIpc) is 2.39. The third-order valence-electron chi connectivity index (χ3n) is 3.82. The van der Waals surface area contributed by atoms with Gasteiger partial charge in [0.2, 0.25) is 10.0 Å². The van der Waals surface area contributed by atoms with E-state index in [2.05, 4.69) is 0 Å². The summed E-state index contributed by atoms with van der Waals surface area (Å²) in [5.74, 6) is 0.613. The fourth-order valence-corrected chi connectivity index (χ4v) is 3.47. The van der Waals surface area contributed by atoms with Crippen molar-refractivity contribution in [3.05, 3.63) is 29.8 Å². The molecule has 0 saturated carbocycles. The molecule has 2 atom stereocenters. The molecule has 2 rings (SSSR count). The van der Waals surface area contributed by atoms with Crippen LogP contribution in [0.5, 0.6) is 5.75 Å². The largest absolute Gasteiger partial charge is 0.485 e. The van der Waals surface area contributed by atoms with Crippen molar-refractivity contribution in [2.45, 2.75) is 38.5 Å². The van der Waals surface area contributed by atoms with E-state index in [0.717, 1.165) is 0 Å². The normalized spacial score (nSPS) is 25.1. The van der Waals surface area contributed by atoms with E-state index in [1.54, 1.807) is 32.9 Å². The Labute approximate surface area is 120 Å². The van der Waals surface area contributed by atoms with E-state index < -0.39 is 27.8 Å². The van der Waals surface area contributed by atoms with Crippen molar-refractivity contribution in [2.75, 3.05) is 12.8 Å². The molecule has 5 nitrogen and oxygen atoms in total. The lowest BCUT2D eigenvalue weighted by atomic mass is 9.87. The summed E-state index contributed by atoms with van der Waals surface area (Å²) in [6, 6.07) is 6.59. The Morgan fingerprint density at radius 1 is 1.35 bits per heavy atom. The fourth-order valence-electron chi connectivity index (χ4n) is 2.48. The van der Waals surface area contributed by atoms with Crippen molar-refractivity contribution < 1.29 is 18.3 Å². The zero-order valence-corrected chi connectivity index (χ0v) is 13.0. The average molecular weight is 299 g/mol. The van der Waals surface area contributed by atoms with Gasteiger partial charge in [0, 0.05) is 12.6 Å². The van der Waals surface area contributed by atoms with E-state index in [4.69, 9.17) is 4.74 Å². The van der Waals surface area contributed by atoms with Crippen molar-refractivity contribution in [1.82, 2.24) is 4.31 Å². The van der Waals surface area contributed by atoms with Crippen LogP contribution >= 0.6 is 0 Å². The molecule has 0 fully saturated rings. The molecule has 1 heterocycles. The first kappa shape index (κ1) is 15.3. The second kappa shape index (κ2) is 5.02. The van der Waals surface area contributed by atoms with E-state index in [1.165, 1.54) is 11.4 Å². The summed E-state index contributed by atoms with van der Waals surface area (Å²) >= 11 is 0. The molecule has 1 N–H and O–H groups in total. The zero-order valence-electron chi connectivity index (χ0n) is 12.2. The first-order chi connectivity index (χ1) is 9.20. The summed E-state index contributed by atoms with van der Waals surface area (Å²) in [4.78, 5) is 0. The number of aliphatic hydroxyl groups excluding tert-OH is 1. The van der Waals surface area contributed by atoms with Crippen LogP contribution in [-0.4, -0.2) is 42.3 Å². The second-order valence-electron chi connectivity index (χ2n) is 5.55. The minimum absolute atomic E-state index is 0.00380. The van der Waals surface area contributed by atoms with Gasteiger partial charge in [0.05, 0.1) is 11.8 Å². The maximum absolute atomic E-state index is 12.1. The van der Waals surface area contributed by atoms with E-state index >= 15 is 0 Å². The standard InChI is InChI=1S/C14H21NO4S/c1-5-20(17,18)15(4)12-10-8-6-7-9-11(10)19-14(2,3)13(12)16/h6-9,12-13,16H,5H2,1-4H3. The third-order valence-corrected chi connectivity index (χ3v) is 5.65. The van der Waals surface area contributed by atoms with Crippen LogP contribution in [0.1, 0.15) is 32.4 Å². The third kappa shape index (κ3) is 2.43. The Hall–Kier alpha value is -1.11. The van der Waals surface area contributed by atoms with E-state index in [9.17, 15) is 13.5 Å². The Morgan fingerprint density at radius 3 is 2.55 bits per heavy atom. The Balaban J connectivity index is 2.55. The maximum atomic E-state index is 12.1. The fraction of sp³-hybridized carbons (Fsp3) is 0.571. The molecule has 6 heteroatoms. The molecule has 0 saturated heterocycles. The smallest absolute Gasteiger partial charge is 0.214 e. The lowest BCUT2D eigenvalue weighted by Gasteiger charge is -2.44. The molecule has 1 aliphatic rings. The molecule has 112 valence electrons. The Bertz CT molecular complexity index is 597. The van der Waals surface area contributed by atoms with Gasteiger partial charge >= 0.3 is 0 Å². The molecule has 1 aromatic rings.